The van der Waals surface area contributed by atoms with E-state index >= 15 is 0 Å². The molecule has 0 fully saturated rings. The van der Waals surface area contributed by atoms with Gasteiger partial charge in [-0.05, 0) is 25.1 Å². The van der Waals surface area contributed by atoms with Crippen LogP contribution in [0.3, 0.4) is 0 Å². The topological polar surface area (TPSA) is 86.6 Å². The summed E-state index contributed by atoms with van der Waals surface area (Å²) in [7, 11) is -4.06. The van der Waals surface area contributed by atoms with E-state index in [4.69, 9.17) is 21.8 Å². The molecule has 0 bridgehead atoms. The van der Waals surface area contributed by atoms with Gasteiger partial charge >= 0.3 is 0 Å². The monoisotopic (exact) mass is 297 g/mol. The summed E-state index contributed by atoms with van der Waals surface area (Å²) in [4.78, 5) is -0.321. The van der Waals surface area contributed by atoms with Crippen LogP contribution in [0.4, 0.5) is 4.39 Å². The van der Waals surface area contributed by atoms with E-state index in [0.717, 1.165) is 18.2 Å². The lowest BCUT2D eigenvalue weighted by Crippen LogP contribution is -2.51. The summed E-state index contributed by atoms with van der Waals surface area (Å²) in [6.45, 7) is 0.130. The third kappa shape index (κ3) is 3.39. The van der Waals surface area contributed by atoms with Crippen molar-refractivity contribution >= 4 is 21.6 Å². The van der Waals surface area contributed by atoms with Crippen molar-refractivity contribution in [2.24, 2.45) is 0 Å². The van der Waals surface area contributed by atoms with E-state index < -0.39 is 34.6 Å². The summed E-state index contributed by atoms with van der Waals surface area (Å²) in [6.07, 6.45) is 0. The van der Waals surface area contributed by atoms with Crippen LogP contribution in [-0.4, -0.2) is 37.4 Å². The maximum absolute atomic E-state index is 12.8. The third-order valence-corrected chi connectivity index (χ3v) is 4.38. The molecule has 8 heteroatoms. The van der Waals surface area contributed by atoms with Gasteiger partial charge in [0, 0.05) is 0 Å². The number of hydrogen-bond donors (Lipinski definition) is 3. The molecular formula is C10H13ClFNO4S. The van der Waals surface area contributed by atoms with E-state index in [9.17, 15) is 12.8 Å². The second kappa shape index (κ2) is 5.50. The molecule has 3 N–H and O–H groups in total. The summed E-state index contributed by atoms with van der Waals surface area (Å²) in [5.41, 5.74) is -1.42. The normalized spacial score (nSPS) is 12.7. The van der Waals surface area contributed by atoms with E-state index in [1.807, 2.05) is 0 Å². The Bertz CT molecular complexity index is 531. The molecule has 0 unspecified atom stereocenters. The molecule has 5 nitrogen and oxygen atoms in total. The van der Waals surface area contributed by atoms with Gasteiger partial charge in [-0.3, -0.25) is 0 Å². The van der Waals surface area contributed by atoms with Gasteiger partial charge in [-0.1, -0.05) is 11.6 Å². The molecule has 0 radical (unpaired) electrons. The van der Waals surface area contributed by atoms with Crippen LogP contribution in [0.25, 0.3) is 0 Å². The molecule has 0 saturated carbocycles. The van der Waals surface area contributed by atoms with Crippen LogP contribution in [0.2, 0.25) is 5.02 Å². The van der Waals surface area contributed by atoms with E-state index in [1.165, 1.54) is 6.92 Å². The van der Waals surface area contributed by atoms with Crippen molar-refractivity contribution in [3.05, 3.63) is 29.0 Å². The molecule has 0 saturated heterocycles. The fraction of sp³-hybridized carbons (Fsp3) is 0.400. The molecular weight excluding hydrogens is 285 g/mol. The van der Waals surface area contributed by atoms with Crippen molar-refractivity contribution < 1.29 is 23.0 Å². The summed E-state index contributed by atoms with van der Waals surface area (Å²) in [5, 5.41) is 17.8. The van der Waals surface area contributed by atoms with Crippen molar-refractivity contribution in [2.45, 2.75) is 17.4 Å². The highest BCUT2D eigenvalue weighted by Gasteiger charge is 2.30. The molecule has 18 heavy (non-hydrogen) atoms. The first kappa shape index (κ1) is 15.3. The zero-order chi connectivity index (χ0) is 14.0. The molecule has 102 valence electrons. The first-order chi connectivity index (χ1) is 8.24. The Morgan fingerprint density at radius 3 is 2.39 bits per heavy atom. The number of aliphatic hydroxyl groups is 2. The molecule has 0 amide bonds. The van der Waals surface area contributed by atoms with Gasteiger partial charge in [0.1, 0.15) is 10.7 Å². The Labute approximate surface area is 109 Å². The van der Waals surface area contributed by atoms with Crippen molar-refractivity contribution in [3.8, 4) is 0 Å². The Hall–Kier alpha value is -0.730. The minimum absolute atomic E-state index is 0.277. The quantitative estimate of drug-likeness (QED) is 0.739. The molecule has 0 aromatic heterocycles. The van der Waals surface area contributed by atoms with Gasteiger partial charge in [-0.25, -0.2) is 17.5 Å². The highest BCUT2D eigenvalue weighted by atomic mass is 35.5. The summed E-state index contributed by atoms with van der Waals surface area (Å²) >= 11 is 5.65. The number of nitrogens with one attached hydrogen (secondary N) is 1. The van der Waals surface area contributed by atoms with Crippen molar-refractivity contribution in [2.75, 3.05) is 13.2 Å². The summed E-state index contributed by atoms with van der Waals surface area (Å²) in [5.74, 6) is -0.661. The zero-order valence-corrected chi connectivity index (χ0v) is 11.1. The summed E-state index contributed by atoms with van der Waals surface area (Å²) < 4.78 is 38.9. The predicted molar refractivity (Wildman–Crippen MR) is 64.3 cm³/mol. The first-order valence-electron chi connectivity index (χ1n) is 4.95. The summed E-state index contributed by atoms with van der Waals surface area (Å²) in [6, 6.07) is 2.83. The van der Waals surface area contributed by atoms with Crippen LogP contribution in [0.5, 0.6) is 0 Å². The highest BCUT2D eigenvalue weighted by Crippen LogP contribution is 2.23. The second-order valence-corrected chi connectivity index (χ2v) is 6.12. The fourth-order valence-corrected chi connectivity index (χ4v) is 3.11. The number of benzene rings is 1. The molecule has 0 heterocycles. The van der Waals surface area contributed by atoms with Crippen LogP contribution >= 0.6 is 11.6 Å². The molecule has 0 aliphatic rings. The smallest absolute Gasteiger partial charge is 0.242 e. The molecule has 0 spiro atoms. The Morgan fingerprint density at radius 1 is 1.39 bits per heavy atom. The molecule has 0 atom stereocenters. The fourth-order valence-electron chi connectivity index (χ4n) is 1.19. The first-order valence-corrected chi connectivity index (χ1v) is 6.81. The number of hydrogen-bond acceptors (Lipinski definition) is 4. The lowest BCUT2D eigenvalue weighted by atomic mass is 10.1. The maximum Gasteiger partial charge on any atom is 0.242 e. The Balaban J connectivity index is 3.15. The average molecular weight is 298 g/mol. The minimum Gasteiger partial charge on any atom is -0.394 e. The van der Waals surface area contributed by atoms with E-state index in [0.29, 0.717) is 0 Å². The molecule has 1 rings (SSSR count). The maximum atomic E-state index is 12.8. The van der Waals surface area contributed by atoms with Gasteiger partial charge in [0.15, 0.2) is 0 Å². The Kier molecular flexibility index (Phi) is 4.68. The number of rotatable bonds is 5. The molecule has 0 aliphatic carbocycles. The van der Waals surface area contributed by atoms with Crippen molar-refractivity contribution in [1.29, 1.82) is 0 Å². The lowest BCUT2D eigenvalue weighted by molar-refractivity contribution is 0.122. The molecule has 1 aromatic carbocycles. The SMILES string of the molecule is CC(CO)(CO)NS(=O)(=O)c1ccc(F)cc1Cl. The average Bonchev–Trinajstić information content (AvgIpc) is 2.27. The van der Waals surface area contributed by atoms with Crippen LogP contribution in [-0.2, 0) is 10.0 Å². The van der Waals surface area contributed by atoms with Crippen molar-refractivity contribution in [3.63, 3.8) is 0 Å². The third-order valence-electron chi connectivity index (χ3n) is 2.26. The van der Waals surface area contributed by atoms with Crippen LogP contribution in [0.1, 0.15) is 6.92 Å². The van der Waals surface area contributed by atoms with Gasteiger partial charge < -0.3 is 10.2 Å². The minimum atomic E-state index is -4.06. The number of halogens is 2. The van der Waals surface area contributed by atoms with E-state index in [-0.39, 0.29) is 9.92 Å². The van der Waals surface area contributed by atoms with Crippen LogP contribution in [0, 0.1) is 5.82 Å². The number of aliphatic hydroxyl groups excluding tert-OH is 2. The van der Waals surface area contributed by atoms with Gasteiger partial charge in [0.2, 0.25) is 10.0 Å². The second-order valence-electron chi connectivity index (χ2n) is 4.06. The Morgan fingerprint density at radius 2 is 1.94 bits per heavy atom. The lowest BCUT2D eigenvalue weighted by Gasteiger charge is -2.25. The predicted octanol–water partition coefficient (Wildman–Crippen LogP) is 0.501. The van der Waals surface area contributed by atoms with Gasteiger partial charge in [-0.2, -0.15) is 0 Å². The van der Waals surface area contributed by atoms with Gasteiger partial charge in [0.05, 0.1) is 23.8 Å². The van der Waals surface area contributed by atoms with Crippen molar-refractivity contribution in [1.82, 2.24) is 4.72 Å². The number of sulfonamides is 1. The van der Waals surface area contributed by atoms with Crippen LogP contribution in [0.15, 0.2) is 23.1 Å². The van der Waals surface area contributed by atoms with E-state index in [1.54, 1.807) is 0 Å². The molecule has 0 aliphatic heterocycles. The van der Waals surface area contributed by atoms with E-state index in [2.05, 4.69) is 4.72 Å². The largest absolute Gasteiger partial charge is 0.394 e. The van der Waals surface area contributed by atoms with Crippen LogP contribution < -0.4 is 4.72 Å². The zero-order valence-electron chi connectivity index (χ0n) is 9.52. The molecule has 1 aromatic rings. The standard InChI is InChI=1S/C10H13ClFNO4S/c1-10(5-14,6-15)13-18(16,17)9-3-2-7(12)4-8(9)11/h2-4,13-15H,5-6H2,1H3. The van der Waals surface area contributed by atoms with Gasteiger partial charge in [0.25, 0.3) is 0 Å². The van der Waals surface area contributed by atoms with Gasteiger partial charge in [-0.15, -0.1) is 0 Å². The highest BCUT2D eigenvalue weighted by molar-refractivity contribution is 7.89.